The van der Waals surface area contributed by atoms with Crippen LogP contribution in [0.2, 0.25) is 0 Å². The first-order chi connectivity index (χ1) is 11.8. The van der Waals surface area contributed by atoms with Gasteiger partial charge in [0.15, 0.2) is 5.82 Å². The number of aryl methyl sites for hydroxylation is 1. The molecule has 0 amide bonds. The van der Waals surface area contributed by atoms with Crippen molar-refractivity contribution in [3.8, 4) is 0 Å². The maximum absolute atomic E-state index is 6.23. The van der Waals surface area contributed by atoms with Crippen LogP contribution in [0.1, 0.15) is 38.4 Å². The van der Waals surface area contributed by atoms with Crippen LogP contribution in [-0.2, 0) is 13.0 Å². The van der Waals surface area contributed by atoms with Crippen molar-refractivity contribution < 1.29 is 0 Å². The highest BCUT2D eigenvalue weighted by Gasteiger charge is 2.21. The summed E-state index contributed by atoms with van der Waals surface area (Å²) in [7, 11) is 0. The van der Waals surface area contributed by atoms with Gasteiger partial charge < -0.3 is 15.6 Å². The second-order valence-corrected chi connectivity index (χ2v) is 7.68. The van der Waals surface area contributed by atoms with E-state index in [4.69, 9.17) is 10.7 Å². The van der Waals surface area contributed by atoms with Gasteiger partial charge in [-0.25, -0.2) is 9.97 Å². The molecule has 3 aromatic heterocycles. The number of imidazole rings is 1. The zero-order chi connectivity index (χ0) is 16.5. The molecular formula is C18H25N5S. The predicted octanol–water partition coefficient (Wildman–Crippen LogP) is 3.57. The molecule has 3 aromatic rings. The fourth-order valence-electron chi connectivity index (χ4n) is 3.70. The first kappa shape index (κ1) is 15.8. The van der Waals surface area contributed by atoms with Gasteiger partial charge in [-0.05, 0) is 49.7 Å². The van der Waals surface area contributed by atoms with E-state index in [-0.39, 0.29) is 0 Å². The number of anilines is 1. The molecule has 4 heterocycles. The SMILES string of the molecule is CCCCc1nc2c(N)nc3ccsc3c2n1CC1CCNCC1. The third-order valence-corrected chi connectivity index (χ3v) is 5.95. The fraction of sp³-hybridized carbons (Fsp3) is 0.556. The quantitative estimate of drug-likeness (QED) is 0.743. The Morgan fingerprint density at radius 2 is 2.17 bits per heavy atom. The summed E-state index contributed by atoms with van der Waals surface area (Å²) in [6, 6.07) is 2.06. The average molecular weight is 344 g/mol. The van der Waals surface area contributed by atoms with E-state index in [0.29, 0.717) is 11.7 Å². The second kappa shape index (κ2) is 6.69. The predicted molar refractivity (Wildman–Crippen MR) is 102 cm³/mol. The number of hydrogen-bond acceptors (Lipinski definition) is 5. The Hall–Kier alpha value is -1.66. The maximum Gasteiger partial charge on any atom is 0.152 e. The number of pyridine rings is 1. The number of nitrogen functional groups attached to an aromatic ring is 1. The van der Waals surface area contributed by atoms with E-state index in [1.807, 2.05) is 0 Å². The molecule has 5 nitrogen and oxygen atoms in total. The van der Waals surface area contributed by atoms with Gasteiger partial charge in [0.2, 0.25) is 0 Å². The molecule has 3 N–H and O–H groups in total. The molecule has 6 heteroatoms. The van der Waals surface area contributed by atoms with E-state index in [2.05, 4.69) is 33.2 Å². The van der Waals surface area contributed by atoms with Gasteiger partial charge in [-0.1, -0.05) is 13.3 Å². The number of nitrogens with zero attached hydrogens (tertiary/aromatic N) is 3. The van der Waals surface area contributed by atoms with Crippen molar-refractivity contribution in [3.63, 3.8) is 0 Å². The summed E-state index contributed by atoms with van der Waals surface area (Å²) in [5.41, 5.74) is 9.33. The first-order valence-corrected chi connectivity index (χ1v) is 9.88. The van der Waals surface area contributed by atoms with Crippen molar-refractivity contribution >= 4 is 38.4 Å². The van der Waals surface area contributed by atoms with Crippen LogP contribution in [0.15, 0.2) is 11.4 Å². The Morgan fingerprint density at radius 1 is 1.33 bits per heavy atom. The monoisotopic (exact) mass is 343 g/mol. The Morgan fingerprint density at radius 3 is 2.96 bits per heavy atom. The number of nitrogens with one attached hydrogen (secondary N) is 1. The third kappa shape index (κ3) is 2.78. The summed E-state index contributed by atoms with van der Waals surface area (Å²) >= 11 is 1.75. The Bertz CT molecular complexity index is 844. The third-order valence-electron chi connectivity index (χ3n) is 5.04. The summed E-state index contributed by atoms with van der Waals surface area (Å²) in [5, 5.41) is 5.56. The lowest BCUT2D eigenvalue weighted by Gasteiger charge is -2.24. The Balaban J connectivity index is 1.85. The molecule has 1 aliphatic rings. The summed E-state index contributed by atoms with van der Waals surface area (Å²) in [6.07, 6.45) is 5.83. The Labute approximate surface area is 146 Å². The van der Waals surface area contributed by atoms with Crippen LogP contribution in [-0.4, -0.2) is 27.6 Å². The smallest absolute Gasteiger partial charge is 0.152 e. The summed E-state index contributed by atoms with van der Waals surface area (Å²) in [6.45, 7) is 5.53. The maximum atomic E-state index is 6.23. The van der Waals surface area contributed by atoms with Crippen LogP contribution in [0.25, 0.3) is 21.3 Å². The van der Waals surface area contributed by atoms with Crippen LogP contribution in [0.5, 0.6) is 0 Å². The normalized spacial score (nSPS) is 16.4. The molecule has 0 unspecified atom stereocenters. The number of nitrogens with two attached hydrogens (primary N) is 1. The zero-order valence-corrected chi connectivity index (χ0v) is 15.0. The van der Waals surface area contributed by atoms with Gasteiger partial charge >= 0.3 is 0 Å². The van der Waals surface area contributed by atoms with E-state index in [0.717, 1.165) is 43.5 Å². The number of rotatable bonds is 5. The number of thiophene rings is 1. The molecular weight excluding hydrogens is 318 g/mol. The largest absolute Gasteiger partial charge is 0.382 e. The molecule has 0 radical (unpaired) electrons. The number of unbranched alkanes of at least 4 members (excludes halogenated alkanes) is 1. The lowest BCUT2D eigenvalue weighted by Crippen LogP contribution is -2.30. The van der Waals surface area contributed by atoms with Gasteiger partial charge in [0.05, 0.1) is 15.7 Å². The van der Waals surface area contributed by atoms with Crippen LogP contribution in [0.4, 0.5) is 5.82 Å². The van der Waals surface area contributed by atoms with Crippen LogP contribution in [0.3, 0.4) is 0 Å². The molecule has 24 heavy (non-hydrogen) atoms. The average Bonchev–Trinajstić information content (AvgIpc) is 3.19. The topological polar surface area (TPSA) is 68.8 Å². The highest BCUT2D eigenvalue weighted by atomic mass is 32.1. The van der Waals surface area contributed by atoms with Gasteiger partial charge in [-0.15, -0.1) is 11.3 Å². The van der Waals surface area contributed by atoms with Crippen molar-refractivity contribution in [3.05, 3.63) is 17.3 Å². The lowest BCUT2D eigenvalue weighted by atomic mass is 9.98. The minimum Gasteiger partial charge on any atom is -0.382 e. The highest BCUT2D eigenvalue weighted by molar-refractivity contribution is 7.18. The summed E-state index contributed by atoms with van der Waals surface area (Å²) in [5.74, 6) is 2.46. The molecule has 128 valence electrons. The molecule has 0 atom stereocenters. The van der Waals surface area contributed by atoms with Gasteiger partial charge in [-0.2, -0.15) is 0 Å². The number of fused-ring (bicyclic) bond motifs is 3. The van der Waals surface area contributed by atoms with Gasteiger partial charge in [0.1, 0.15) is 11.3 Å². The van der Waals surface area contributed by atoms with E-state index >= 15 is 0 Å². The number of hydrogen-bond donors (Lipinski definition) is 2. The number of aromatic nitrogens is 3. The zero-order valence-electron chi connectivity index (χ0n) is 14.2. The highest BCUT2D eigenvalue weighted by Crippen LogP contribution is 2.33. The van der Waals surface area contributed by atoms with E-state index in [1.165, 1.54) is 35.3 Å². The molecule has 0 spiro atoms. The van der Waals surface area contributed by atoms with E-state index < -0.39 is 0 Å². The molecule has 0 aromatic carbocycles. The van der Waals surface area contributed by atoms with Crippen molar-refractivity contribution in [2.24, 2.45) is 5.92 Å². The van der Waals surface area contributed by atoms with Crippen LogP contribution in [0, 0.1) is 5.92 Å². The molecule has 1 saturated heterocycles. The Kier molecular flexibility index (Phi) is 4.41. The van der Waals surface area contributed by atoms with Crippen molar-refractivity contribution in [2.75, 3.05) is 18.8 Å². The van der Waals surface area contributed by atoms with Crippen LogP contribution >= 0.6 is 11.3 Å². The molecule has 1 fully saturated rings. The minimum absolute atomic E-state index is 0.567. The molecule has 1 aliphatic heterocycles. The molecule has 0 aliphatic carbocycles. The van der Waals surface area contributed by atoms with Crippen LogP contribution < -0.4 is 11.1 Å². The van der Waals surface area contributed by atoms with Gasteiger partial charge in [0.25, 0.3) is 0 Å². The lowest BCUT2D eigenvalue weighted by molar-refractivity contribution is 0.333. The van der Waals surface area contributed by atoms with Gasteiger partial charge in [-0.3, -0.25) is 0 Å². The van der Waals surface area contributed by atoms with E-state index in [9.17, 15) is 0 Å². The van der Waals surface area contributed by atoms with Crippen molar-refractivity contribution in [1.29, 1.82) is 0 Å². The van der Waals surface area contributed by atoms with Crippen molar-refractivity contribution in [2.45, 2.75) is 45.6 Å². The summed E-state index contributed by atoms with van der Waals surface area (Å²) in [4.78, 5) is 9.46. The summed E-state index contributed by atoms with van der Waals surface area (Å²) < 4.78 is 3.68. The minimum atomic E-state index is 0.567. The standard InChI is InChI=1S/C18H25N5S/c1-2-3-4-14-22-15-16(17-13(7-10-24-17)21-18(15)19)23(14)11-12-5-8-20-9-6-12/h7,10,12,20H,2-6,8-9,11H2,1H3,(H2,19,21). The second-order valence-electron chi connectivity index (χ2n) is 6.76. The number of piperidine rings is 1. The molecule has 0 saturated carbocycles. The van der Waals surface area contributed by atoms with E-state index in [1.54, 1.807) is 11.3 Å². The molecule has 0 bridgehead atoms. The fourth-order valence-corrected chi connectivity index (χ4v) is 4.59. The first-order valence-electron chi connectivity index (χ1n) is 9.00. The van der Waals surface area contributed by atoms with Gasteiger partial charge in [0, 0.05) is 13.0 Å². The molecule has 4 rings (SSSR count). The van der Waals surface area contributed by atoms with Crippen molar-refractivity contribution in [1.82, 2.24) is 19.9 Å².